The molecule has 13 heavy (non-hydrogen) atoms. The molecule has 3 nitrogen and oxygen atoms in total. The van der Waals surface area contributed by atoms with Gasteiger partial charge in [0.25, 0.3) is 5.78 Å². The number of rotatable bonds is 3. The number of hydrogen-bond donors (Lipinski definition) is 1. The first-order valence-corrected chi connectivity index (χ1v) is 4.71. The molecule has 0 saturated carbocycles. The molecule has 1 aromatic rings. The summed E-state index contributed by atoms with van der Waals surface area (Å²) in [6.45, 7) is 4.00. The van der Waals surface area contributed by atoms with Crippen molar-refractivity contribution in [2.75, 3.05) is 0 Å². The van der Waals surface area contributed by atoms with Crippen LogP contribution in [0.2, 0.25) is 0 Å². The number of carbonyl (C=O) groups is 2. The summed E-state index contributed by atoms with van der Waals surface area (Å²) in [7, 11) is 0. The van der Waals surface area contributed by atoms with E-state index in [1.54, 1.807) is 12.1 Å². The fourth-order valence-corrected chi connectivity index (χ4v) is 1.83. The van der Waals surface area contributed by atoms with Crippen molar-refractivity contribution in [2.45, 2.75) is 19.8 Å². The third-order valence-electron chi connectivity index (χ3n) is 1.61. The normalized spacial score (nSPS) is 10.4. The van der Waals surface area contributed by atoms with Gasteiger partial charge in [0.15, 0.2) is 0 Å². The molecule has 1 aromatic heterocycles. The molecule has 0 unspecified atom stereocenters. The molecule has 1 N–H and O–H groups in total. The Hall–Kier alpha value is -1.16. The van der Waals surface area contributed by atoms with Crippen molar-refractivity contribution >= 4 is 23.1 Å². The minimum atomic E-state index is -1.39. The maximum absolute atomic E-state index is 11.0. The van der Waals surface area contributed by atoms with Crippen molar-refractivity contribution in [3.05, 3.63) is 21.9 Å². The maximum Gasteiger partial charge on any atom is 0.378 e. The Morgan fingerprint density at radius 2 is 2.00 bits per heavy atom. The molecule has 0 atom stereocenters. The maximum atomic E-state index is 11.0. The van der Waals surface area contributed by atoms with Crippen LogP contribution in [0.3, 0.4) is 0 Å². The first kappa shape index (κ1) is 9.92. The first-order valence-electron chi connectivity index (χ1n) is 3.89. The summed E-state index contributed by atoms with van der Waals surface area (Å²) in [6.07, 6.45) is 0. The predicted octanol–water partition coefficient (Wildman–Crippen LogP) is 2.14. The van der Waals surface area contributed by atoms with Gasteiger partial charge in [-0.05, 0) is 18.1 Å². The summed E-state index contributed by atoms with van der Waals surface area (Å²) in [6, 6.07) is 3.36. The Bertz CT molecular complexity index is 338. The quantitative estimate of drug-likeness (QED) is 0.598. The van der Waals surface area contributed by atoms with Crippen LogP contribution < -0.4 is 0 Å². The molecule has 70 valence electrons. The zero-order valence-electron chi connectivity index (χ0n) is 7.40. The van der Waals surface area contributed by atoms with Gasteiger partial charge in [0, 0.05) is 4.88 Å². The fraction of sp³-hybridized carbons (Fsp3) is 0.333. The van der Waals surface area contributed by atoms with E-state index in [1.807, 2.05) is 13.8 Å². The molecule has 1 heterocycles. The highest BCUT2D eigenvalue weighted by Crippen LogP contribution is 2.24. The predicted molar refractivity (Wildman–Crippen MR) is 50.4 cm³/mol. The van der Waals surface area contributed by atoms with Gasteiger partial charge >= 0.3 is 5.97 Å². The summed E-state index contributed by atoms with van der Waals surface area (Å²) >= 11 is 1.25. The number of aliphatic carboxylic acids is 1. The van der Waals surface area contributed by atoms with E-state index in [1.165, 1.54) is 11.3 Å². The average Bonchev–Trinajstić information content (AvgIpc) is 2.50. The Labute approximate surface area is 80.0 Å². The SMILES string of the molecule is CC(C)c1ccc(C(=O)C(=O)O)s1. The van der Waals surface area contributed by atoms with Gasteiger partial charge in [-0.15, -0.1) is 11.3 Å². The Balaban J connectivity index is 2.92. The van der Waals surface area contributed by atoms with Crippen LogP contribution in [0.15, 0.2) is 12.1 Å². The van der Waals surface area contributed by atoms with Crippen LogP contribution in [0.5, 0.6) is 0 Å². The number of carbonyl (C=O) groups excluding carboxylic acids is 1. The molecule has 0 spiro atoms. The molecule has 0 aliphatic rings. The van der Waals surface area contributed by atoms with E-state index in [2.05, 4.69) is 0 Å². The lowest BCUT2D eigenvalue weighted by Crippen LogP contribution is -2.10. The van der Waals surface area contributed by atoms with Crippen LogP contribution in [0, 0.1) is 0 Å². The molecule has 0 aliphatic carbocycles. The summed E-state index contributed by atoms with van der Waals surface area (Å²) in [5.41, 5.74) is 0. The second kappa shape index (κ2) is 3.70. The highest BCUT2D eigenvalue weighted by molar-refractivity contribution is 7.14. The molecule has 0 bridgehead atoms. The smallest absolute Gasteiger partial charge is 0.378 e. The lowest BCUT2D eigenvalue weighted by atomic mass is 10.2. The van der Waals surface area contributed by atoms with Crippen molar-refractivity contribution in [1.82, 2.24) is 0 Å². The van der Waals surface area contributed by atoms with E-state index >= 15 is 0 Å². The average molecular weight is 198 g/mol. The van der Waals surface area contributed by atoms with E-state index in [0.717, 1.165) is 4.88 Å². The topological polar surface area (TPSA) is 54.4 Å². The van der Waals surface area contributed by atoms with Gasteiger partial charge in [-0.3, -0.25) is 4.79 Å². The monoisotopic (exact) mass is 198 g/mol. The van der Waals surface area contributed by atoms with Gasteiger partial charge in [-0.2, -0.15) is 0 Å². The number of carboxylic acids is 1. The highest BCUT2D eigenvalue weighted by Gasteiger charge is 2.17. The molecule has 0 aromatic carbocycles. The van der Waals surface area contributed by atoms with E-state index in [0.29, 0.717) is 10.8 Å². The molecule has 0 aliphatic heterocycles. The third kappa shape index (κ3) is 2.15. The molecule has 0 radical (unpaired) electrons. The van der Waals surface area contributed by atoms with Gasteiger partial charge in [-0.1, -0.05) is 13.8 Å². The van der Waals surface area contributed by atoms with Crippen LogP contribution in [0.1, 0.15) is 34.3 Å². The lowest BCUT2D eigenvalue weighted by Gasteiger charge is -1.96. The van der Waals surface area contributed by atoms with Gasteiger partial charge in [0.1, 0.15) is 0 Å². The van der Waals surface area contributed by atoms with E-state index in [9.17, 15) is 9.59 Å². The van der Waals surface area contributed by atoms with Crippen LogP contribution in [0.25, 0.3) is 0 Å². The number of hydrogen-bond acceptors (Lipinski definition) is 3. The zero-order chi connectivity index (χ0) is 10.0. The number of carboxylic acid groups (broad SMARTS) is 1. The molecule has 0 saturated heterocycles. The summed E-state index contributed by atoms with van der Waals surface area (Å²) in [4.78, 5) is 22.7. The number of Topliss-reactive ketones (excluding diaryl/α,β-unsaturated/α-hetero) is 1. The van der Waals surface area contributed by atoms with Gasteiger partial charge < -0.3 is 5.11 Å². The minimum Gasteiger partial charge on any atom is -0.475 e. The number of thiophene rings is 1. The van der Waals surface area contributed by atoms with Gasteiger partial charge in [-0.25, -0.2) is 4.79 Å². The Morgan fingerprint density at radius 1 is 1.38 bits per heavy atom. The minimum absolute atomic E-state index is 0.302. The Morgan fingerprint density at radius 3 is 2.38 bits per heavy atom. The molecular weight excluding hydrogens is 188 g/mol. The van der Waals surface area contributed by atoms with E-state index in [4.69, 9.17) is 5.11 Å². The number of ketones is 1. The van der Waals surface area contributed by atoms with Crippen molar-refractivity contribution in [3.63, 3.8) is 0 Å². The highest BCUT2D eigenvalue weighted by atomic mass is 32.1. The van der Waals surface area contributed by atoms with Crippen molar-refractivity contribution < 1.29 is 14.7 Å². The van der Waals surface area contributed by atoms with Crippen LogP contribution in [-0.4, -0.2) is 16.9 Å². The summed E-state index contributed by atoms with van der Waals surface area (Å²) < 4.78 is 0. The van der Waals surface area contributed by atoms with E-state index < -0.39 is 11.8 Å². The van der Waals surface area contributed by atoms with Crippen molar-refractivity contribution in [1.29, 1.82) is 0 Å². The fourth-order valence-electron chi connectivity index (χ4n) is 0.891. The van der Waals surface area contributed by atoms with Gasteiger partial charge in [0.2, 0.25) is 0 Å². The van der Waals surface area contributed by atoms with E-state index in [-0.39, 0.29) is 0 Å². The molecule has 4 heteroatoms. The molecule has 0 fully saturated rings. The third-order valence-corrected chi connectivity index (χ3v) is 3.00. The van der Waals surface area contributed by atoms with Crippen LogP contribution in [0.4, 0.5) is 0 Å². The standard InChI is InChI=1S/C9H10O3S/c1-5(2)6-3-4-7(13-6)8(10)9(11)12/h3-5H,1-2H3,(H,11,12). The van der Waals surface area contributed by atoms with Crippen LogP contribution >= 0.6 is 11.3 Å². The largest absolute Gasteiger partial charge is 0.475 e. The molecular formula is C9H10O3S. The second-order valence-corrected chi connectivity index (χ2v) is 4.11. The first-order chi connectivity index (χ1) is 6.02. The van der Waals surface area contributed by atoms with Crippen molar-refractivity contribution in [2.24, 2.45) is 0 Å². The zero-order valence-corrected chi connectivity index (χ0v) is 8.22. The van der Waals surface area contributed by atoms with Gasteiger partial charge in [0.05, 0.1) is 4.88 Å². The van der Waals surface area contributed by atoms with Crippen molar-refractivity contribution in [3.8, 4) is 0 Å². The van der Waals surface area contributed by atoms with Crippen LogP contribution in [-0.2, 0) is 4.79 Å². The molecule has 1 rings (SSSR count). The Kier molecular flexibility index (Phi) is 2.83. The lowest BCUT2D eigenvalue weighted by molar-refractivity contribution is -0.131. The molecule has 0 amide bonds. The summed E-state index contributed by atoms with van der Waals surface area (Å²) in [5, 5.41) is 8.44. The summed E-state index contributed by atoms with van der Waals surface area (Å²) in [5.74, 6) is -1.88. The second-order valence-electron chi connectivity index (χ2n) is 2.99.